The predicted molar refractivity (Wildman–Crippen MR) is 167 cm³/mol. The van der Waals surface area contributed by atoms with Gasteiger partial charge in [-0.2, -0.15) is 0 Å². The predicted octanol–water partition coefficient (Wildman–Crippen LogP) is 4.16. The van der Waals surface area contributed by atoms with Gasteiger partial charge in [-0.25, -0.2) is 0 Å². The molecule has 3 aliphatic rings. The van der Waals surface area contributed by atoms with E-state index in [0.717, 1.165) is 43.9 Å². The average Bonchev–Trinajstić information content (AvgIpc) is 3.04. The van der Waals surface area contributed by atoms with Crippen LogP contribution < -0.4 is 14.8 Å². The molecular weight excluding hydrogens is 580 g/mol. The van der Waals surface area contributed by atoms with E-state index in [9.17, 15) is 24.8 Å². The Kier molecular flexibility index (Phi) is 9.45. The lowest BCUT2D eigenvalue weighted by Gasteiger charge is -2.47. The molecule has 0 radical (unpaired) electrons. The number of carbonyl (C=O) groups excluding carboxylic acids is 1. The van der Waals surface area contributed by atoms with E-state index in [1.165, 1.54) is 36.4 Å². The second-order valence-corrected chi connectivity index (χ2v) is 12.2. The molecule has 0 amide bonds. The number of nitro benzene ring substituents is 1. The maximum absolute atomic E-state index is 13.4. The van der Waals surface area contributed by atoms with Crippen LogP contribution in [0.5, 0.6) is 11.5 Å². The smallest absolute Gasteiger partial charge is 0.315 e. The quantitative estimate of drug-likeness (QED) is 0.224. The number of benzene rings is 2. The minimum Gasteiger partial charge on any atom is -0.493 e. The number of aliphatic imine (C=N–C) groups is 1. The average molecular weight is 623 g/mol. The molecule has 1 fully saturated rings. The zero-order valence-electron chi connectivity index (χ0n) is 26.4. The molecule has 3 aliphatic heterocycles. The number of ether oxygens (including phenoxy) is 3. The van der Waals surface area contributed by atoms with Gasteiger partial charge in [-0.05, 0) is 63.3 Å². The minimum absolute atomic E-state index is 0.132. The Morgan fingerprint density at radius 2 is 1.96 bits per heavy atom. The molecule has 2 N–H and O–H groups in total. The third kappa shape index (κ3) is 5.77. The van der Waals surface area contributed by atoms with E-state index in [2.05, 4.69) is 21.3 Å². The highest BCUT2D eigenvalue weighted by atomic mass is 16.6. The maximum atomic E-state index is 13.4. The number of carboxylic acid groups (broad SMARTS) is 1. The van der Waals surface area contributed by atoms with Crippen LogP contribution in [0, 0.1) is 21.4 Å². The third-order valence-corrected chi connectivity index (χ3v) is 10.2. The number of methoxy groups -OCH3 is 3. The highest BCUT2D eigenvalue weighted by Crippen LogP contribution is 2.52. The van der Waals surface area contributed by atoms with Gasteiger partial charge in [0, 0.05) is 54.5 Å². The van der Waals surface area contributed by atoms with E-state index >= 15 is 0 Å². The number of fused-ring (bicyclic) bond motifs is 3. The van der Waals surface area contributed by atoms with Crippen molar-refractivity contribution in [3.63, 3.8) is 0 Å². The standard InChI is InChI=1S/C33H42N4O8/c1-19-28(31(38)45-5)29(21-7-6-8-23(17-21)37(41)42)33(32(39)40,20(2)35-19)13-14-34-22-11-15-36-16-12-25-24(26(36)18-22)9-10-27(43-3)30(25)44-4/h6-10,17,20,22,26,28-29,34H,11-16,18H2,1-5H3,(H,39,40). The van der Waals surface area contributed by atoms with Crippen molar-refractivity contribution < 1.29 is 33.8 Å². The van der Waals surface area contributed by atoms with Gasteiger partial charge in [0.1, 0.15) is 5.92 Å². The van der Waals surface area contributed by atoms with Crippen LogP contribution in [-0.2, 0) is 20.7 Å². The Bertz CT molecular complexity index is 1500. The van der Waals surface area contributed by atoms with Gasteiger partial charge >= 0.3 is 11.9 Å². The molecule has 5 rings (SSSR count). The molecule has 12 heteroatoms. The van der Waals surface area contributed by atoms with Crippen molar-refractivity contribution in [3.05, 3.63) is 63.2 Å². The van der Waals surface area contributed by atoms with Gasteiger partial charge in [0.15, 0.2) is 11.5 Å². The number of hydrogen-bond acceptors (Lipinski definition) is 10. The monoisotopic (exact) mass is 622 g/mol. The highest BCUT2D eigenvalue weighted by Gasteiger charge is 2.58. The molecule has 45 heavy (non-hydrogen) atoms. The number of carboxylic acids is 1. The molecule has 0 spiro atoms. The lowest BCUT2D eigenvalue weighted by atomic mass is 9.58. The summed E-state index contributed by atoms with van der Waals surface area (Å²) < 4.78 is 16.4. The third-order valence-electron chi connectivity index (χ3n) is 10.2. The van der Waals surface area contributed by atoms with E-state index in [4.69, 9.17) is 14.2 Å². The first-order chi connectivity index (χ1) is 21.6. The minimum atomic E-state index is -1.53. The molecule has 0 saturated carbocycles. The highest BCUT2D eigenvalue weighted by molar-refractivity contribution is 6.04. The molecule has 6 atom stereocenters. The lowest BCUT2D eigenvalue weighted by Crippen LogP contribution is -2.55. The second kappa shape index (κ2) is 13.1. The normalized spacial score (nSPS) is 27.8. The molecule has 1 saturated heterocycles. The van der Waals surface area contributed by atoms with Gasteiger partial charge < -0.3 is 24.6 Å². The zero-order valence-corrected chi connectivity index (χ0v) is 26.4. The van der Waals surface area contributed by atoms with Crippen LogP contribution in [0.2, 0.25) is 0 Å². The Morgan fingerprint density at radius 1 is 1.18 bits per heavy atom. The number of nitro groups is 1. The summed E-state index contributed by atoms with van der Waals surface area (Å²) in [7, 11) is 4.56. The lowest BCUT2D eigenvalue weighted by molar-refractivity contribution is -0.385. The number of rotatable bonds is 10. The number of carbonyl (C=O) groups is 2. The van der Waals surface area contributed by atoms with Crippen molar-refractivity contribution in [2.45, 2.75) is 63.6 Å². The topological polar surface area (TPSA) is 153 Å². The van der Waals surface area contributed by atoms with Crippen molar-refractivity contribution in [3.8, 4) is 11.5 Å². The van der Waals surface area contributed by atoms with Gasteiger partial charge in [0.2, 0.25) is 0 Å². The summed E-state index contributed by atoms with van der Waals surface area (Å²) in [6.45, 7) is 5.62. The van der Waals surface area contributed by atoms with Crippen LogP contribution in [0.3, 0.4) is 0 Å². The van der Waals surface area contributed by atoms with Crippen LogP contribution >= 0.6 is 0 Å². The summed E-state index contributed by atoms with van der Waals surface area (Å²) in [6, 6.07) is 9.61. The van der Waals surface area contributed by atoms with Crippen molar-refractivity contribution in [2.75, 3.05) is 41.0 Å². The molecule has 0 aliphatic carbocycles. The molecular formula is C33H42N4O8. The van der Waals surface area contributed by atoms with Gasteiger partial charge in [0.05, 0.1) is 37.7 Å². The van der Waals surface area contributed by atoms with Crippen molar-refractivity contribution in [1.29, 1.82) is 0 Å². The van der Waals surface area contributed by atoms with Gasteiger partial charge in [-0.15, -0.1) is 0 Å². The van der Waals surface area contributed by atoms with E-state index in [-0.39, 0.29) is 24.2 Å². The van der Waals surface area contributed by atoms with Gasteiger partial charge in [-0.3, -0.25) is 29.6 Å². The Labute approximate surface area is 262 Å². The van der Waals surface area contributed by atoms with E-state index in [0.29, 0.717) is 17.8 Å². The number of esters is 1. The van der Waals surface area contributed by atoms with Crippen LogP contribution in [-0.4, -0.2) is 85.6 Å². The fourth-order valence-electron chi connectivity index (χ4n) is 7.94. The molecule has 2 aromatic rings. The zero-order chi connectivity index (χ0) is 32.5. The number of piperidine rings is 1. The van der Waals surface area contributed by atoms with E-state index < -0.39 is 40.2 Å². The molecule has 12 nitrogen and oxygen atoms in total. The fourth-order valence-corrected chi connectivity index (χ4v) is 7.94. The van der Waals surface area contributed by atoms with Gasteiger partial charge in [-0.1, -0.05) is 18.2 Å². The first-order valence-corrected chi connectivity index (χ1v) is 15.4. The Morgan fingerprint density at radius 3 is 2.62 bits per heavy atom. The summed E-state index contributed by atoms with van der Waals surface area (Å²) in [5.74, 6) is -2.14. The summed E-state index contributed by atoms with van der Waals surface area (Å²) in [5, 5.41) is 26.2. The molecule has 3 heterocycles. The first-order valence-electron chi connectivity index (χ1n) is 15.4. The molecule has 242 valence electrons. The van der Waals surface area contributed by atoms with Crippen LogP contribution in [0.4, 0.5) is 5.69 Å². The molecule has 0 aromatic heterocycles. The maximum Gasteiger partial charge on any atom is 0.315 e. The summed E-state index contributed by atoms with van der Waals surface area (Å²) in [5.41, 5.74) is 1.55. The number of nitrogens with one attached hydrogen (secondary N) is 1. The largest absolute Gasteiger partial charge is 0.493 e. The summed E-state index contributed by atoms with van der Waals surface area (Å²) in [4.78, 5) is 44.8. The Balaban J connectivity index is 1.43. The fraction of sp³-hybridized carbons (Fsp3) is 0.545. The molecule has 2 aromatic carbocycles. The van der Waals surface area contributed by atoms with Crippen molar-refractivity contribution >= 4 is 23.3 Å². The van der Waals surface area contributed by atoms with Crippen LogP contribution in [0.1, 0.15) is 61.8 Å². The van der Waals surface area contributed by atoms with Crippen molar-refractivity contribution in [2.24, 2.45) is 16.3 Å². The number of non-ortho nitro benzene ring substituents is 1. The van der Waals surface area contributed by atoms with E-state index in [1.54, 1.807) is 34.1 Å². The van der Waals surface area contributed by atoms with Crippen molar-refractivity contribution in [1.82, 2.24) is 10.2 Å². The number of hydrogen-bond donors (Lipinski definition) is 2. The summed E-state index contributed by atoms with van der Waals surface area (Å²) in [6.07, 6.45) is 2.79. The second-order valence-electron chi connectivity index (χ2n) is 12.2. The van der Waals surface area contributed by atoms with Crippen LogP contribution in [0.25, 0.3) is 0 Å². The SMILES string of the molecule is COC(=O)C1C(C)=NC(C)C(CCNC2CCN3CCc4c(ccc(OC)c4OC)C3C2)(C(=O)O)C1c1cccc([N+](=O)[O-])c1. The molecule has 0 bridgehead atoms. The number of nitrogens with zero attached hydrogens (tertiary/aromatic N) is 3. The van der Waals surface area contributed by atoms with Crippen LogP contribution in [0.15, 0.2) is 41.4 Å². The number of aliphatic carboxylic acids is 1. The summed E-state index contributed by atoms with van der Waals surface area (Å²) >= 11 is 0. The first kappa shape index (κ1) is 32.4. The Hall–Kier alpha value is -4.03. The van der Waals surface area contributed by atoms with Gasteiger partial charge in [0.25, 0.3) is 5.69 Å². The van der Waals surface area contributed by atoms with E-state index in [1.807, 2.05) is 6.07 Å². The molecule has 6 unspecified atom stereocenters.